The molecule has 0 bridgehead atoms. The van der Waals surface area contributed by atoms with Gasteiger partial charge in [-0.15, -0.1) is 0 Å². The van der Waals surface area contributed by atoms with Gasteiger partial charge in [-0.1, -0.05) is 23.7 Å². The van der Waals surface area contributed by atoms with Crippen LogP contribution in [0.4, 0.5) is 11.4 Å². The molecule has 1 amide bonds. The molecule has 1 fully saturated rings. The molecule has 2 aromatic rings. The molecular weight excluding hydrogens is 404 g/mol. The molecule has 0 saturated carbocycles. The summed E-state index contributed by atoms with van der Waals surface area (Å²) in [7, 11) is 1.56. The van der Waals surface area contributed by atoms with Crippen molar-refractivity contribution in [2.45, 2.75) is 20.0 Å². The fourth-order valence-corrected chi connectivity index (χ4v) is 3.46. The molecule has 1 N–H and O–H groups in total. The quantitative estimate of drug-likeness (QED) is 0.649. The van der Waals surface area contributed by atoms with Crippen molar-refractivity contribution in [1.82, 2.24) is 0 Å². The highest BCUT2D eigenvalue weighted by Crippen LogP contribution is 2.37. The van der Waals surface area contributed by atoms with E-state index in [-0.39, 0.29) is 12.0 Å². The van der Waals surface area contributed by atoms with E-state index < -0.39 is 0 Å². The Kier molecular flexibility index (Phi) is 7.60. The summed E-state index contributed by atoms with van der Waals surface area (Å²) in [5.74, 6) is 0.789. The topological polar surface area (TPSA) is 60.0 Å². The fourth-order valence-electron chi connectivity index (χ4n) is 3.19. The van der Waals surface area contributed by atoms with Gasteiger partial charge in [0.2, 0.25) is 5.91 Å². The Morgan fingerprint density at radius 2 is 1.97 bits per heavy atom. The van der Waals surface area contributed by atoms with E-state index in [0.717, 1.165) is 30.0 Å². The molecule has 2 aromatic carbocycles. The SMILES string of the molecule is COc1cc(/C=C/C(=O)Nc2ccccc2N2CCOCC2)cc(Cl)c1OC(C)C. The monoisotopic (exact) mass is 430 g/mol. The van der Waals surface area contributed by atoms with E-state index in [9.17, 15) is 4.79 Å². The van der Waals surface area contributed by atoms with Gasteiger partial charge in [-0.05, 0) is 49.8 Å². The summed E-state index contributed by atoms with van der Waals surface area (Å²) < 4.78 is 16.5. The van der Waals surface area contributed by atoms with Crippen LogP contribution in [-0.2, 0) is 9.53 Å². The minimum absolute atomic E-state index is 0.0323. The third-order valence-electron chi connectivity index (χ3n) is 4.55. The Morgan fingerprint density at radius 3 is 2.67 bits per heavy atom. The summed E-state index contributed by atoms with van der Waals surface area (Å²) in [4.78, 5) is 14.8. The van der Waals surface area contributed by atoms with Crippen molar-refractivity contribution in [3.8, 4) is 11.5 Å². The standard InChI is InChI=1S/C23H27ClN2O4/c1-16(2)30-23-18(24)14-17(15-21(23)28-3)8-9-22(27)25-19-6-4-5-7-20(19)26-10-12-29-13-11-26/h4-9,14-16H,10-13H2,1-3H3,(H,25,27)/b9-8+. The second-order valence-electron chi connectivity index (χ2n) is 7.14. The van der Waals surface area contributed by atoms with Gasteiger partial charge in [-0.25, -0.2) is 0 Å². The number of nitrogens with one attached hydrogen (secondary N) is 1. The van der Waals surface area contributed by atoms with Crippen molar-refractivity contribution in [3.63, 3.8) is 0 Å². The maximum absolute atomic E-state index is 12.5. The summed E-state index contributed by atoms with van der Waals surface area (Å²) in [6, 6.07) is 11.3. The maximum Gasteiger partial charge on any atom is 0.248 e. The molecule has 3 rings (SSSR count). The summed E-state index contributed by atoms with van der Waals surface area (Å²) in [5, 5.41) is 3.39. The minimum Gasteiger partial charge on any atom is -0.493 e. The maximum atomic E-state index is 12.5. The number of carbonyl (C=O) groups is 1. The van der Waals surface area contributed by atoms with Gasteiger partial charge in [0.1, 0.15) is 0 Å². The molecule has 0 unspecified atom stereocenters. The molecule has 1 aliphatic heterocycles. The van der Waals surface area contributed by atoms with E-state index in [1.807, 2.05) is 38.1 Å². The minimum atomic E-state index is -0.228. The average Bonchev–Trinajstić information content (AvgIpc) is 2.74. The van der Waals surface area contributed by atoms with Crippen LogP contribution in [0.2, 0.25) is 5.02 Å². The summed E-state index contributed by atoms with van der Waals surface area (Å²) in [5.41, 5.74) is 2.50. The molecule has 1 heterocycles. The lowest BCUT2D eigenvalue weighted by atomic mass is 10.1. The lowest BCUT2D eigenvalue weighted by Gasteiger charge is -2.30. The van der Waals surface area contributed by atoms with E-state index in [2.05, 4.69) is 10.2 Å². The predicted octanol–water partition coefficient (Wildman–Crippen LogP) is 4.62. The normalized spacial score (nSPS) is 14.2. The van der Waals surface area contributed by atoms with Crippen molar-refractivity contribution >= 4 is 35.0 Å². The van der Waals surface area contributed by atoms with Crippen molar-refractivity contribution in [2.75, 3.05) is 43.6 Å². The van der Waals surface area contributed by atoms with Crippen LogP contribution in [0.25, 0.3) is 6.08 Å². The van der Waals surface area contributed by atoms with Crippen LogP contribution in [0.5, 0.6) is 11.5 Å². The van der Waals surface area contributed by atoms with Crippen LogP contribution in [0, 0.1) is 0 Å². The van der Waals surface area contributed by atoms with Crippen molar-refractivity contribution in [1.29, 1.82) is 0 Å². The Balaban J connectivity index is 1.73. The third kappa shape index (κ3) is 5.68. The zero-order chi connectivity index (χ0) is 21.5. The van der Waals surface area contributed by atoms with Crippen molar-refractivity contribution < 1.29 is 19.0 Å². The van der Waals surface area contributed by atoms with Crippen LogP contribution in [0.15, 0.2) is 42.5 Å². The molecule has 0 radical (unpaired) electrons. The summed E-state index contributed by atoms with van der Waals surface area (Å²) in [6.45, 7) is 6.80. The smallest absolute Gasteiger partial charge is 0.248 e. The number of benzene rings is 2. The van der Waals surface area contributed by atoms with Gasteiger partial charge in [0.25, 0.3) is 0 Å². The van der Waals surface area contributed by atoms with Gasteiger partial charge in [-0.2, -0.15) is 0 Å². The van der Waals surface area contributed by atoms with Crippen molar-refractivity contribution in [2.24, 2.45) is 0 Å². The zero-order valence-electron chi connectivity index (χ0n) is 17.5. The van der Waals surface area contributed by atoms with E-state index in [1.54, 1.807) is 25.3 Å². The Bertz CT molecular complexity index is 908. The number of hydrogen-bond acceptors (Lipinski definition) is 5. The number of ether oxygens (including phenoxy) is 3. The van der Waals surface area contributed by atoms with Gasteiger partial charge in [0.15, 0.2) is 11.5 Å². The van der Waals surface area contributed by atoms with E-state index in [1.165, 1.54) is 6.08 Å². The molecule has 1 aliphatic rings. The number of hydrogen-bond donors (Lipinski definition) is 1. The van der Waals surface area contributed by atoms with Crippen LogP contribution in [0.3, 0.4) is 0 Å². The summed E-state index contributed by atoms with van der Waals surface area (Å²) in [6.07, 6.45) is 3.14. The number of rotatable bonds is 7. The highest BCUT2D eigenvalue weighted by Gasteiger charge is 2.16. The first-order valence-corrected chi connectivity index (χ1v) is 10.3. The third-order valence-corrected chi connectivity index (χ3v) is 4.83. The lowest BCUT2D eigenvalue weighted by molar-refractivity contribution is -0.111. The number of morpholine rings is 1. The first-order valence-electron chi connectivity index (χ1n) is 9.93. The molecule has 0 atom stereocenters. The highest BCUT2D eigenvalue weighted by molar-refractivity contribution is 6.32. The second kappa shape index (κ2) is 10.4. The van der Waals surface area contributed by atoms with Gasteiger partial charge >= 0.3 is 0 Å². The molecule has 6 nitrogen and oxygen atoms in total. The highest BCUT2D eigenvalue weighted by atomic mass is 35.5. The summed E-state index contributed by atoms with van der Waals surface area (Å²) >= 11 is 6.35. The Labute approximate surface area is 182 Å². The van der Waals surface area contributed by atoms with Gasteiger partial charge in [0, 0.05) is 19.2 Å². The molecule has 7 heteroatoms. The van der Waals surface area contributed by atoms with Crippen LogP contribution in [-0.4, -0.2) is 45.4 Å². The number of halogens is 1. The van der Waals surface area contributed by atoms with Crippen LogP contribution in [0.1, 0.15) is 19.4 Å². The van der Waals surface area contributed by atoms with Gasteiger partial charge in [0.05, 0.1) is 42.8 Å². The predicted molar refractivity (Wildman–Crippen MR) is 121 cm³/mol. The average molecular weight is 431 g/mol. The molecule has 30 heavy (non-hydrogen) atoms. The number of carbonyl (C=O) groups excluding carboxylic acids is 1. The van der Waals surface area contributed by atoms with Gasteiger partial charge in [-0.3, -0.25) is 4.79 Å². The van der Waals surface area contributed by atoms with E-state index in [0.29, 0.717) is 29.7 Å². The largest absolute Gasteiger partial charge is 0.493 e. The number of amides is 1. The Morgan fingerprint density at radius 1 is 1.23 bits per heavy atom. The fraction of sp³-hybridized carbons (Fsp3) is 0.348. The van der Waals surface area contributed by atoms with Crippen LogP contribution >= 0.6 is 11.6 Å². The molecular formula is C23H27ClN2O4. The molecule has 0 spiro atoms. The molecule has 0 aromatic heterocycles. The number of methoxy groups -OCH3 is 1. The first kappa shape index (κ1) is 22.0. The zero-order valence-corrected chi connectivity index (χ0v) is 18.2. The van der Waals surface area contributed by atoms with Gasteiger partial charge < -0.3 is 24.4 Å². The number of anilines is 2. The van der Waals surface area contributed by atoms with E-state index >= 15 is 0 Å². The Hall–Kier alpha value is -2.70. The number of nitrogens with zero attached hydrogens (tertiary/aromatic N) is 1. The molecule has 1 saturated heterocycles. The molecule has 160 valence electrons. The van der Waals surface area contributed by atoms with Crippen LogP contribution < -0.4 is 19.7 Å². The second-order valence-corrected chi connectivity index (χ2v) is 7.55. The van der Waals surface area contributed by atoms with Crippen molar-refractivity contribution in [3.05, 3.63) is 53.1 Å². The lowest BCUT2D eigenvalue weighted by Crippen LogP contribution is -2.36. The first-order chi connectivity index (χ1) is 14.5. The van der Waals surface area contributed by atoms with E-state index in [4.69, 9.17) is 25.8 Å². The number of para-hydroxylation sites is 2. The molecule has 0 aliphatic carbocycles.